The van der Waals surface area contributed by atoms with Gasteiger partial charge in [-0.1, -0.05) is 25.1 Å². The van der Waals surface area contributed by atoms with Gasteiger partial charge in [0.1, 0.15) is 17.6 Å². The summed E-state index contributed by atoms with van der Waals surface area (Å²) in [4.78, 5) is 27.1. The van der Waals surface area contributed by atoms with Crippen LogP contribution in [0.4, 0.5) is 10.1 Å². The maximum absolute atomic E-state index is 13.3. The van der Waals surface area contributed by atoms with Crippen LogP contribution in [-0.4, -0.2) is 58.1 Å². The lowest BCUT2D eigenvalue weighted by Gasteiger charge is -2.30. The number of hydrogen-bond acceptors (Lipinski definition) is 5. The van der Waals surface area contributed by atoms with Crippen LogP contribution in [0, 0.1) is 5.82 Å². The summed E-state index contributed by atoms with van der Waals surface area (Å²) in [5.74, 6) is -0.464. The molecule has 1 atom stereocenters. The van der Waals surface area contributed by atoms with Gasteiger partial charge in [0.25, 0.3) is 0 Å². The molecule has 0 heterocycles. The summed E-state index contributed by atoms with van der Waals surface area (Å²) in [5.41, 5.74) is 1.13. The zero-order valence-electron chi connectivity index (χ0n) is 20.0. The molecule has 0 spiro atoms. The number of rotatable bonds is 12. The molecular weight excluding hydrogens is 461 g/mol. The van der Waals surface area contributed by atoms with E-state index >= 15 is 0 Å². The topological polar surface area (TPSA) is 96.0 Å². The van der Waals surface area contributed by atoms with E-state index in [2.05, 4.69) is 5.32 Å². The second-order valence-electron chi connectivity index (χ2n) is 7.83. The molecule has 186 valence electrons. The van der Waals surface area contributed by atoms with Crippen LogP contribution in [0.2, 0.25) is 0 Å². The van der Waals surface area contributed by atoms with Gasteiger partial charge >= 0.3 is 0 Å². The molecule has 8 nitrogen and oxygen atoms in total. The number of carbonyl (C=O) groups excluding carboxylic acids is 2. The minimum atomic E-state index is -3.60. The second kappa shape index (κ2) is 12.4. The van der Waals surface area contributed by atoms with Crippen molar-refractivity contribution in [3.05, 3.63) is 59.9 Å². The van der Waals surface area contributed by atoms with Crippen molar-refractivity contribution in [2.24, 2.45) is 0 Å². The highest BCUT2D eigenvalue weighted by molar-refractivity contribution is 7.92. The van der Waals surface area contributed by atoms with Crippen LogP contribution in [-0.2, 0) is 26.2 Å². The highest BCUT2D eigenvalue weighted by atomic mass is 32.2. The van der Waals surface area contributed by atoms with E-state index in [-0.39, 0.29) is 37.7 Å². The molecule has 2 aromatic carbocycles. The van der Waals surface area contributed by atoms with Crippen LogP contribution in [0.15, 0.2) is 48.5 Å². The van der Waals surface area contributed by atoms with Crippen LogP contribution in [0.25, 0.3) is 0 Å². The fourth-order valence-corrected chi connectivity index (χ4v) is 4.60. The minimum absolute atomic E-state index is 0.0324. The van der Waals surface area contributed by atoms with Gasteiger partial charge in [-0.2, -0.15) is 0 Å². The van der Waals surface area contributed by atoms with Crippen molar-refractivity contribution in [2.75, 3.05) is 31.3 Å². The molecule has 0 radical (unpaired) electrons. The first-order valence-electron chi connectivity index (χ1n) is 11.0. The van der Waals surface area contributed by atoms with Crippen LogP contribution >= 0.6 is 0 Å². The Bertz CT molecular complexity index is 1080. The molecule has 0 fully saturated rings. The first-order chi connectivity index (χ1) is 16.1. The highest BCUT2D eigenvalue weighted by Crippen LogP contribution is 2.24. The predicted molar refractivity (Wildman–Crippen MR) is 130 cm³/mol. The van der Waals surface area contributed by atoms with Crippen molar-refractivity contribution in [3.8, 4) is 5.75 Å². The average molecular weight is 494 g/mol. The normalized spacial score (nSPS) is 12.0. The molecule has 10 heteroatoms. The number of ether oxygens (including phenoxy) is 1. The Morgan fingerprint density at radius 2 is 1.82 bits per heavy atom. The van der Waals surface area contributed by atoms with Crippen molar-refractivity contribution in [3.63, 3.8) is 0 Å². The van der Waals surface area contributed by atoms with Crippen molar-refractivity contribution in [2.45, 2.75) is 38.8 Å². The Morgan fingerprint density at radius 3 is 2.38 bits per heavy atom. The number of benzene rings is 2. The van der Waals surface area contributed by atoms with Gasteiger partial charge in [0.2, 0.25) is 21.8 Å². The SMILES string of the molecule is CCC(C(=O)NC)N(Cc1ccc(F)cc1)C(=O)CCCN(c1cccc(OC)c1)S(C)(=O)=O. The summed E-state index contributed by atoms with van der Waals surface area (Å²) in [5, 5.41) is 2.58. The first kappa shape index (κ1) is 27.1. The monoisotopic (exact) mass is 493 g/mol. The van der Waals surface area contributed by atoms with E-state index in [1.807, 2.05) is 0 Å². The van der Waals surface area contributed by atoms with Gasteiger partial charge in [-0.15, -0.1) is 0 Å². The number of amides is 2. The lowest BCUT2D eigenvalue weighted by Crippen LogP contribution is -2.48. The van der Waals surface area contributed by atoms with Crippen molar-refractivity contribution in [1.29, 1.82) is 0 Å². The fraction of sp³-hybridized carbons (Fsp3) is 0.417. The van der Waals surface area contributed by atoms with E-state index < -0.39 is 21.9 Å². The Morgan fingerprint density at radius 1 is 1.15 bits per heavy atom. The number of carbonyl (C=O) groups is 2. The standard InChI is InChI=1S/C24H32FN3O5S/c1-5-22(24(30)26-2)27(17-18-11-13-19(25)14-12-18)23(29)10-7-15-28(34(4,31)32)20-8-6-9-21(16-20)33-3/h6,8-9,11-14,16,22H,5,7,10,15,17H2,1-4H3,(H,26,30). The number of anilines is 1. The molecule has 2 amide bonds. The Balaban J connectivity index is 2.19. The molecule has 0 saturated carbocycles. The first-order valence-corrected chi connectivity index (χ1v) is 12.8. The minimum Gasteiger partial charge on any atom is -0.497 e. The lowest BCUT2D eigenvalue weighted by molar-refractivity contribution is -0.141. The van der Waals surface area contributed by atoms with E-state index in [1.54, 1.807) is 43.3 Å². The van der Waals surface area contributed by atoms with E-state index in [4.69, 9.17) is 4.74 Å². The smallest absolute Gasteiger partial charge is 0.242 e. The molecule has 0 aliphatic rings. The third kappa shape index (κ3) is 7.44. The van der Waals surface area contributed by atoms with Gasteiger partial charge in [0.15, 0.2) is 0 Å². The maximum Gasteiger partial charge on any atom is 0.242 e. The number of nitrogens with one attached hydrogen (secondary N) is 1. The summed E-state index contributed by atoms with van der Waals surface area (Å²) < 4.78 is 44.5. The molecule has 1 N–H and O–H groups in total. The van der Waals surface area contributed by atoms with Gasteiger partial charge in [0, 0.05) is 32.6 Å². The van der Waals surface area contributed by atoms with Crippen molar-refractivity contribution >= 4 is 27.5 Å². The summed E-state index contributed by atoms with van der Waals surface area (Å²) in [6, 6.07) is 11.7. The number of halogens is 1. The third-order valence-electron chi connectivity index (χ3n) is 5.39. The third-order valence-corrected chi connectivity index (χ3v) is 6.59. The quantitative estimate of drug-likeness (QED) is 0.491. The van der Waals surface area contributed by atoms with Crippen molar-refractivity contribution < 1.29 is 27.1 Å². The van der Waals surface area contributed by atoms with Gasteiger partial charge in [0.05, 0.1) is 19.1 Å². The van der Waals surface area contributed by atoms with E-state index in [1.165, 1.54) is 35.5 Å². The summed E-state index contributed by atoms with van der Waals surface area (Å²) in [6.45, 7) is 2.02. The largest absolute Gasteiger partial charge is 0.497 e. The van der Waals surface area contributed by atoms with Crippen LogP contribution < -0.4 is 14.4 Å². The number of hydrogen-bond donors (Lipinski definition) is 1. The van der Waals surface area contributed by atoms with E-state index in [9.17, 15) is 22.4 Å². The van der Waals surface area contributed by atoms with Crippen LogP contribution in [0.1, 0.15) is 31.7 Å². The molecule has 0 bridgehead atoms. The summed E-state index contributed by atoms with van der Waals surface area (Å²) in [7, 11) is -0.600. The molecule has 2 rings (SSSR count). The van der Waals surface area contributed by atoms with E-state index in [0.717, 1.165) is 6.26 Å². The zero-order valence-corrected chi connectivity index (χ0v) is 20.8. The van der Waals surface area contributed by atoms with Crippen molar-refractivity contribution in [1.82, 2.24) is 10.2 Å². The number of methoxy groups -OCH3 is 1. The van der Waals surface area contributed by atoms with E-state index in [0.29, 0.717) is 23.4 Å². The number of likely N-dealkylation sites (N-methyl/N-ethyl adjacent to an activating group) is 1. The molecule has 0 aliphatic heterocycles. The average Bonchev–Trinajstić information content (AvgIpc) is 2.81. The second-order valence-corrected chi connectivity index (χ2v) is 9.73. The highest BCUT2D eigenvalue weighted by Gasteiger charge is 2.28. The zero-order chi connectivity index (χ0) is 25.3. The molecule has 0 aliphatic carbocycles. The van der Waals surface area contributed by atoms with Gasteiger partial charge in [-0.3, -0.25) is 13.9 Å². The molecule has 1 unspecified atom stereocenters. The predicted octanol–water partition coefficient (Wildman–Crippen LogP) is 2.93. The van der Waals surface area contributed by atoms with Crippen LogP contribution in [0.3, 0.4) is 0 Å². The Kier molecular flexibility index (Phi) is 9.85. The molecule has 34 heavy (non-hydrogen) atoms. The lowest BCUT2D eigenvalue weighted by atomic mass is 10.1. The number of sulfonamides is 1. The Labute approximate surface area is 200 Å². The summed E-state index contributed by atoms with van der Waals surface area (Å²) >= 11 is 0. The van der Waals surface area contributed by atoms with Gasteiger partial charge in [-0.05, 0) is 42.7 Å². The molecular formula is C24H32FN3O5S. The molecule has 2 aromatic rings. The van der Waals surface area contributed by atoms with Gasteiger partial charge < -0.3 is 15.0 Å². The molecule has 0 saturated heterocycles. The summed E-state index contributed by atoms with van der Waals surface area (Å²) in [6.07, 6.45) is 1.78. The van der Waals surface area contributed by atoms with Gasteiger partial charge in [-0.25, -0.2) is 12.8 Å². The number of nitrogens with zero attached hydrogens (tertiary/aromatic N) is 2. The maximum atomic E-state index is 13.3. The molecule has 0 aromatic heterocycles. The Hall–Kier alpha value is -3.14. The fourth-order valence-electron chi connectivity index (χ4n) is 3.64. The van der Waals surface area contributed by atoms with Crippen LogP contribution in [0.5, 0.6) is 5.75 Å².